The van der Waals surface area contributed by atoms with E-state index in [0.717, 1.165) is 4.68 Å². The Kier molecular flexibility index (Phi) is 4.61. The van der Waals surface area contributed by atoms with Crippen molar-refractivity contribution in [2.45, 2.75) is 0 Å². The van der Waals surface area contributed by atoms with E-state index in [2.05, 4.69) is 15.4 Å². The van der Waals surface area contributed by atoms with Gasteiger partial charge in [0.05, 0.1) is 16.0 Å². The molecular formula is C19H13N5O4S. The summed E-state index contributed by atoms with van der Waals surface area (Å²) in [7, 11) is 1.48. The third kappa shape index (κ3) is 3.48. The van der Waals surface area contributed by atoms with Gasteiger partial charge in [0.25, 0.3) is 17.2 Å². The number of nitrogens with one attached hydrogen (secondary N) is 1. The third-order valence-electron chi connectivity index (χ3n) is 4.25. The van der Waals surface area contributed by atoms with Crippen LogP contribution in [0.5, 0.6) is 0 Å². The first-order chi connectivity index (χ1) is 13.9. The van der Waals surface area contributed by atoms with Crippen LogP contribution in [0.3, 0.4) is 0 Å². The van der Waals surface area contributed by atoms with Gasteiger partial charge in [0.2, 0.25) is 0 Å². The van der Waals surface area contributed by atoms with Gasteiger partial charge in [-0.1, -0.05) is 30.3 Å². The highest BCUT2D eigenvalue weighted by Gasteiger charge is 2.17. The van der Waals surface area contributed by atoms with E-state index >= 15 is 0 Å². The van der Waals surface area contributed by atoms with Crippen LogP contribution in [0.2, 0.25) is 0 Å². The van der Waals surface area contributed by atoms with Crippen LogP contribution in [0.25, 0.3) is 22.0 Å². The first-order valence-electron chi connectivity index (χ1n) is 8.42. The molecule has 0 spiro atoms. The van der Waals surface area contributed by atoms with Gasteiger partial charge >= 0.3 is 0 Å². The molecule has 1 N–H and O–H groups in total. The van der Waals surface area contributed by atoms with Crippen molar-refractivity contribution in [2.75, 3.05) is 5.32 Å². The highest BCUT2D eigenvalue weighted by Crippen LogP contribution is 2.28. The molecule has 4 aromatic rings. The summed E-state index contributed by atoms with van der Waals surface area (Å²) in [5, 5.41) is 20.6. The molecule has 1 amide bonds. The molecule has 9 nitrogen and oxygen atoms in total. The third-order valence-corrected chi connectivity index (χ3v) is 5.01. The van der Waals surface area contributed by atoms with Crippen LogP contribution < -0.4 is 10.9 Å². The maximum absolute atomic E-state index is 12.8. The molecule has 0 fully saturated rings. The first kappa shape index (κ1) is 18.4. The van der Waals surface area contributed by atoms with Gasteiger partial charge in [-0.2, -0.15) is 5.10 Å². The van der Waals surface area contributed by atoms with Crippen LogP contribution in [0, 0.1) is 10.1 Å². The lowest BCUT2D eigenvalue weighted by molar-refractivity contribution is -0.384. The van der Waals surface area contributed by atoms with Crippen LogP contribution in [-0.2, 0) is 7.05 Å². The Bertz CT molecular complexity index is 1330. The zero-order valence-electron chi connectivity index (χ0n) is 15.0. The van der Waals surface area contributed by atoms with E-state index in [9.17, 15) is 19.7 Å². The summed E-state index contributed by atoms with van der Waals surface area (Å²) >= 11 is 1.19. The number of benzene rings is 2. The molecule has 4 rings (SSSR count). The number of aromatic nitrogens is 3. The molecule has 0 aliphatic carbocycles. The summed E-state index contributed by atoms with van der Waals surface area (Å²) in [4.78, 5) is 39.8. The normalized spacial score (nSPS) is 10.8. The Labute approximate surface area is 167 Å². The summed E-state index contributed by atoms with van der Waals surface area (Å²) < 4.78 is 1.12. The fraction of sp³-hybridized carbons (Fsp3) is 0.0526. The Hall–Kier alpha value is -3.92. The number of amides is 1. The van der Waals surface area contributed by atoms with Gasteiger partial charge in [-0.3, -0.25) is 25.0 Å². The zero-order chi connectivity index (χ0) is 20.5. The lowest BCUT2D eigenvalue weighted by atomic mass is 10.1. The van der Waals surface area contributed by atoms with Crippen molar-refractivity contribution in [3.8, 4) is 11.3 Å². The highest BCUT2D eigenvalue weighted by molar-refractivity contribution is 7.14. The second-order valence-corrected chi connectivity index (χ2v) is 6.98. The number of carbonyl (C=O) groups excluding carboxylic acids is 1. The number of rotatable bonds is 4. The molecular weight excluding hydrogens is 394 g/mol. The van der Waals surface area contributed by atoms with Crippen molar-refractivity contribution in [3.63, 3.8) is 0 Å². The summed E-state index contributed by atoms with van der Waals surface area (Å²) in [6.07, 6.45) is 0. The summed E-state index contributed by atoms with van der Waals surface area (Å²) in [5.41, 5.74) is 0.852. The number of fused-ring (bicyclic) bond motifs is 1. The van der Waals surface area contributed by atoms with Crippen LogP contribution >= 0.6 is 11.3 Å². The monoisotopic (exact) mass is 407 g/mol. The second kappa shape index (κ2) is 7.24. The fourth-order valence-corrected chi connectivity index (χ4v) is 3.58. The Morgan fingerprint density at radius 3 is 2.69 bits per heavy atom. The Balaban J connectivity index is 1.65. The number of nitro groups is 1. The molecule has 2 heterocycles. The minimum atomic E-state index is -0.503. The topological polar surface area (TPSA) is 120 Å². The molecule has 0 saturated heterocycles. The van der Waals surface area contributed by atoms with E-state index in [1.165, 1.54) is 30.5 Å². The van der Waals surface area contributed by atoms with Crippen LogP contribution in [0.1, 0.15) is 10.5 Å². The van der Waals surface area contributed by atoms with E-state index in [4.69, 9.17) is 0 Å². The SMILES string of the molecule is Cn1nc(C(=O)Nc2nc(-c3cccc([N+](=O)[O-])c3)cs2)c2ccccc2c1=O. The average Bonchev–Trinajstić information content (AvgIpc) is 3.19. The van der Waals surface area contributed by atoms with E-state index in [1.807, 2.05) is 0 Å². The minimum absolute atomic E-state index is 0.0399. The van der Waals surface area contributed by atoms with Gasteiger partial charge in [0, 0.05) is 35.5 Å². The predicted octanol–water partition coefficient (Wildman–Crippen LogP) is 3.22. The number of non-ortho nitro benzene ring substituents is 1. The molecule has 144 valence electrons. The van der Waals surface area contributed by atoms with Gasteiger partial charge in [-0.15, -0.1) is 11.3 Å². The maximum atomic E-state index is 12.8. The van der Waals surface area contributed by atoms with Gasteiger partial charge in [0.15, 0.2) is 10.8 Å². The van der Waals surface area contributed by atoms with Crippen LogP contribution in [0.15, 0.2) is 58.7 Å². The van der Waals surface area contributed by atoms with E-state index in [0.29, 0.717) is 27.2 Å². The molecule has 29 heavy (non-hydrogen) atoms. The van der Waals surface area contributed by atoms with Gasteiger partial charge in [-0.05, 0) is 6.07 Å². The molecule has 2 aromatic heterocycles. The number of nitro benzene ring substituents is 1. The van der Waals surface area contributed by atoms with Gasteiger partial charge < -0.3 is 0 Å². The van der Waals surface area contributed by atoms with E-state index in [-0.39, 0.29) is 16.9 Å². The van der Waals surface area contributed by atoms with Gasteiger partial charge in [0.1, 0.15) is 0 Å². The van der Waals surface area contributed by atoms with Crippen molar-refractivity contribution in [2.24, 2.45) is 7.05 Å². The smallest absolute Gasteiger partial charge is 0.278 e. The van der Waals surface area contributed by atoms with Crippen molar-refractivity contribution in [1.29, 1.82) is 0 Å². The lowest BCUT2D eigenvalue weighted by Crippen LogP contribution is -2.25. The zero-order valence-corrected chi connectivity index (χ0v) is 15.8. The molecule has 0 radical (unpaired) electrons. The average molecular weight is 407 g/mol. The number of thiazole rings is 1. The van der Waals surface area contributed by atoms with Gasteiger partial charge in [-0.25, -0.2) is 9.67 Å². The predicted molar refractivity (Wildman–Crippen MR) is 109 cm³/mol. The fourth-order valence-electron chi connectivity index (χ4n) is 2.87. The summed E-state index contributed by atoms with van der Waals surface area (Å²) in [6, 6.07) is 12.8. The molecule has 0 aliphatic rings. The quantitative estimate of drug-likeness (QED) is 0.410. The number of hydrogen-bond donors (Lipinski definition) is 1. The lowest BCUT2D eigenvalue weighted by Gasteiger charge is -2.07. The number of carbonyl (C=O) groups is 1. The standard InChI is InChI=1S/C19H13N5O4S/c1-23-18(26)14-8-3-2-7-13(14)16(22-23)17(25)21-19-20-15(10-29-19)11-5-4-6-12(9-11)24(27)28/h2-10H,1H3,(H,20,21,25). The molecule has 0 unspecified atom stereocenters. The Morgan fingerprint density at radius 1 is 1.17 bits per heavy atom. The Morgan fingerprint density at radius 2 is 1.93 bits per heavy atom. The maximum Gasteiger partial charge on any atom is 0.278 e. The number of hydrogen-bond acceptors (Lipinski definition) is 7. The summed E-state index contributed by atoms with van der Waals surface area (Å²) in [6.45, 7) is 0. The largest absolute Gasteiger partial charge is 0.296 e. The van der Waals surface area contributed by atoms with Crippen molar-refractivity contribution in [1.82, 2.24) is 14.8 Å². The van der Waals surface area contributed by atoms with Crippen molar-refractivity contribution >= 4 is 38.8 Å². The molecule has 10 heteroatoms. The second-order valence-electron chi connectivity index (χ2n) is 6.12. The van der Waals surface area contributed by atoms with Crippen LogP contribution in [-0.4, -0.2) is 25.6 Å². The molecule has 2 aromatic carbocycles. The number of nitrogens with zero attached hydrogens (tertiary/aromatic N) is 4. The molecule has 0 saturated carbocycles. The molecule has 0 bridgehead atoms. The molecule has 0 atom stereocenters. The van der Waals surface area contributed by atoms with Crippen LogP contribution in [0.4, 0.5) is 10.8 Å². The van der Waals surface area contributed by atoms with E-state index in [1.54, 1.807) is 41.8 Å². The van der Waals surface area contributed by atoms with Crippen molar-refractivity contribution in [3.05, 3.63) is 80.1 Å². The minimum Gasteiger partial charge on any atom is -0.296 e. The summed E-state index contributed by atoms with van der Waals surface area (Å²) in [5.74, 6) is -0.503. The first-order valence-corrected chi connectivity index (χ1v) is 9.30. The number of aryl methyl sites for hydroxylation is 1. The highest BCUT2D eigenvalue weighted by atomic mass is 32.1. The number of anilines is 1. The molecule has 0 aliphatic heterocycles. The van der Waals surface area contributed by atoms with E-state index < -0.39 is 10.8 Å². The van der Waals surface area contributed by atoms with Crippen molar-refractivity contribution < 1.29 is 9.72 Å².